The van der Waals surface area contributed by atoms with Gasteiger partial charge in [-0.05, 0) is 17.7 Å². The molecule has 1 heterocycles. The Labute approximate surface area is 137 Å². The molecule has 0 bridgehead atoms. The third kappa shape index (κ3) is 4.32. The summed E-state index contributed by atoms with van der Waals surface area (Å²) >= 11 is 0.842. The van der Waals surface area contributed by atoms with Gasteiger partial charge in [-0.1, -0.05) is 23.9 Å². The predicted octanol–water partition coefficient (Wildman–Crippen LogP) is 0.746. The highest BCUT2D eigenvalue weighted by molar-refractivity contribution is 8.15. The number of nitrogens with one attached hydrogen (secondary N) is 2. The van der Waals surface area contributed by atoms with Crippen LogP contribution in [0.3, 0.4) is 0 Å². The van der Waals surface area contributed by atoms with E-state index in [0.29, 0.717) is 12.1 Å². The number of carbonyl (C=O) groups is 4. The Kier molecular flexibility index (Phi) is 5.38. The monoisotopic (exact) mass is 335 g/mol. The van der Waals surface area contributed by atoms with Gasteiger partial charge in [0, 0.05) is 32.6 Å². The summed E-state index contributed by atoms with van der Waals surface area (Å²) in [5.41, 5.74) is 1.41. The van der Waals surface area contributed by atoms with Crippen molar-refractivity contribution in [2.24, 2.45) is 0 Å². The SMILES string of the molecule is CNC(=O)c1ccc(CN(C)C(=O)C[C@@H]2SC(=O)NC2=O)cc1. The molecule has 0 radical (unpaired) electrons. The maximum absolute atomic E-state index is 12.1. The molecule has 1 aromatic carbocycles. The van der Waals surface area contributed by atoms with Crippen LogP contribution in [0.5, 0.6) is 0 Å². The standard InChI is InChI=1S/C15H17N3O4S/c1-16-13(20)10-5-3-9(4-6-10)8-18(2)12(19)7-11-14(21)17-15(22)23-11/h3-6,11H,7-8H2,1-2H3,(H,16,20)(H,17,21,22)/t11-/m0/s1. The van der Waals surface area contributed by atoms with Crippen LogP contribution in [-0.4, -0.2) is 47.2 Å². The van der Waals surface area contributed by atoms with Crippen LogP contribution in [0.1, 0.15) is 22.3 Å². The molecule has 8 heteroatoms. The molecule has 0 saturated carbocycles. The zero-order chi connectivity index (χ0) is 17.0. The lowest BCUT2D eigenvalue weighted by Gasteiger charge is -2.18. The van der Waals surface area contributed by atoms with Gasteiger partial charge in [0.15, 0.2) is 0 Å². The fourth-order valence-corrected chi connectivity index (χ4v) is 2.92. The molecule has 2 N–H and O–H groups in total. The van der Waals surface area contributed by atoms with Crippen molar-refractivity contribution in [1.82, 2.24) is 15.5 Å². The summed E-state index contributed by atoms with van der Waals surface area (Å²) in [7, 11) is 3.19. The van der Waals surface area contributed by atoms with Crippen molar-refractivity contribution < 1.29 is 19.2 Å². The van der Waals surface area contributed by atoms with Crippen molar-refractivity contribution in [2.75, 3.05) is 14.1 Å². The average Bonchev–Trinajstić information content (AvgIpc) is 2.84. The van der Waals surface area contributed by atoms with E-state index in [2.05, 4.69) is 10.6 Å². The fraction of sp³-hybridized carbons (Fsp3) is 0.333. The van der Waals surface area contributed by atoms with Gasteiger partial charge >= 0.3 is 0 Å². The van der Waals surface area contributed by atoms with Crippen LogP contribution < -0.4 is 10.6 Å². The van der Waals surface area contributed by atoms with Crippen LogP contribution >= 0.6 is 11.8 Å². The molecule has 1 saturated heterocycles. The Morgan fingerprint density at radius 1 is 1.26 bits per heavy atom. The number of hydrogen-bond acceptors (Lipinski definition) is 5. The van der Waals surface area contributed by atoms with Crippen LogP contribution in [-0.2, 0) is 16.1 Å². The van der Waals surface area contributed by atoms with Gasteiger partial charge in [0.1, 0.15) is 5.25 Å². The molecule has 0 aliphatic carbocycles. The van der Waals surface area contributed by atoms with E-state index in [9.17, 15) is 19.2 Å². The van der Waals surface area contributed by atoms with Crippen molar-refractivity contribution in [3.63, 3.8) is 0 Å². The zero-order valence-corrected chi connectivity index (χ0v) is 13.6. The maximum atomic E-state index is 12.1. The molecular weight excluding hydrogens is 318 g/mol. The van der Waals surface area contributed by atoms with Crippen molar-refractivity contribution in [1.29, 1.82) is 0 Å². The van der Waals surface area contributed by atoms with Crippen LogP contribution in [0.15, 0.2) is 24.3 Å². The van der Waals surface area contributed by atoms with Crippen LogP contribution in [0.25, 0.3) is 0 Å². The number of hydrogen-bond donors (Lipinski definition) is 2. The Morgan fingerprint density at radius 3 is 2.43 bits per heavy atom. The van der Waals surface area contributed by atoms with Gasteiger partial charge < -0.3 is 10.2 Å². The molecule has 23 heavy (non-hydrogen) atoms. The van der Waals surface area contributed by atoms with Crippen molar-refractivity contribution in [3.05, 3.63) is 35.4 Å². The molecule has 0 unspecified atom stereocenters. The van der Waals surface area contributed by atoms with Crippen LogP contribution in [0, 0.1) is 0 Å². The smallest absolute Gasteiger partial charge is 0.286 e. The lowest BCUT2D eigenvalue weighted by atomic mass is 10.1. The van der Waals surface area contributed by atoms with E-state index in [4.69, 9.17) is 0 Å². The van der Waals surface area contributed by atoms with E-state index in [1.54, 1.807) is 38.4 Å². The zero-order valence-electron chi connectivity index (χ0n) is 12.8. The number of amides is 4. The summed E-state index contributed by atoms with van der Waals surface area (Å²) in [6.07, 6.45) is -0.0188. The molecule has 1 aliphatic heterocycles. The molecule has 4 amide bonds. The van der Waals surface area contributed by atoms with E-state index in [-0.39, 0.29) is 18.2 Å². The highest BCUT2D eigenvalue weighted by atomic mass is 32.2. The third-order valence-electron chi connectivity index (χ3n) is 3.42. The minimum atomic E-state index is -0.659. The van der Waals surface area contributed by atoms with E-state index < -0.39 is 16.4 Å². The number of imide groups is 1. The molecule has 1 aromatic rings. The topological polar surface area (TPSA) is 95.6 Å². The molecule has 2 rings (SSSR count). The van der Waals surface area contributed by atoms with Crippen molar-refractivity contribution >= 4 is 34.7 Å². The third-order valence-corrected chi connectivity index (χ3v) is 4.40. The molecule has 7 nitrogen and oxygen atoms in total. The highest BCUT2D eigenvalue weighted by Gasteiger charge is 2.33. The van der Waals surface area contributed by atoms with Gasteiger partial charge in [-0.25, -0.2) is 0 Å². The number of rotatable bonds is 5. The fourth-order valence-electron chi connectivity index (χ4n) is 2.11. The molecule has 1 aliphatic rings. The first-order valence-electron chi connectivity index (χ1n) is 6.97. The molecule has 122 valence electrons. The van der Waals surface area contributed by atoms with Gasteiger partial charge in [0.05, 0.1) is 0 Å². The van der Waals surface area contributed by atoms with Crippen molar-refractivity contribution in [2.45, 2.75) is 18.2 Å². The average molecular weight is 335 g/mol. The second kappa shape index (κ2) is 7.28. The van der Waals surface area contributed by atoms with Crippen LogP contribution in [0.2, 0.25) is 0 Å². The number of thioether (sulfide) groups is 1. The Balaban J connectivity index is 1.92. The minimum Gasteiger partial charge on any atom is -0.355 e. The van der Waals surface area contributed by atoms with E-state index in [1.807, 2.05) is 0 Å². The van der Waals surface area contributed by atoms with Crippen molar-refractivity contribution in [3.8, 4) is 0 Å². The van der Waals surface area contributed by atoms with Gasteiger partial charge in [-0.2, -0.15) is 0 Å². The van der Waals surface area contributed by atoms with Gasteiger partial charge in [-0.15, -0.1) is 0 Å². The summed E-state index contributed by atoms with van der Waals surface area (Å²) in [5, 5.41) is 3.62. The Morgan fingerprint density at radius 2 is 1.91 bits per heavy atom. The van der Waals surface area contributed by atoms with Crippen LogP contribution in [0.4, 0.5) is 4.79 Å². The number of benzene rings is 1. The summed E-state index contributed by atoms with van der Waals surface area (Å²) < 4.78 is 0. The summed E-state index contributed by atoms with van der Waals surface area (Å²) in [6, 6.07) is 6.92. The number of carbonyl (C=O) groups excluding carboxylic acids is 4. The first kappa shape index (κ1) is 17.0. The summed E-state index contributed by atoms with van der Waals surface area (Å²) in [6.45, 7) is 0.361. The second-order valence-corrected chi connectivity index (χ2v) is 6.29. The normalized spacial score (nSPS) is 16.9. The van der Waals surface area contributed by atoms with E-state index in [0.717, 1.165) is 17.3 Å². The lowest BCUT2D eigenvalue weighted by Crippen LogP contribution is -2.32. The maximum Gasteiger partial charge on any atom is 0.286 e. The first-order valence-corrected chi connectivity index (χ1v) is 7.85. The minimum absolute atomic E-state index is 0.0188. The molecule has 1 fully saturated rings. The lowest BCUT2D eigenvalue weighted by molar-refractivity contribution is -0.132. The Bertz CT molecular complexity index is 645. The molecular formula is C15H17N3O4S. The second-order valence-electron chi connectivity index (χ2n) is 5.11. The largest absolute Gasteiger partial charge is 0.355 e. The molecule has 0 spiro atoms. The van der Waals surface area contributed by atoms with Gasteiger partial charge in [-0.3, -0.25) is 24.5 Å². The van der Waals surface area contributed by atoms with Gasteiger partial charge in [0.2, 0.25) is 11.8 Å². The Hall–Kier alpha value is -2.35. The molecule has 1 atom stereocenters. The predicted molar refractivity (Wildman–Crippen MR) is 85.8 cm³/mol. The number of nitrogens with zero attached hydrogens (tertiary/aromatic N) is 1. The first-order chi connectivity index (χ1) is 10.9. The molecule has 0 aromatic heterocycles. The summed E-state index contributed by atoms with van der Waals surface area (Å²) in [4.78, 5) is 47.6. The highest BCUT2D eigenvalue weighted by Crippen LogP contribution is 2.22. The quantitative estimate of drug-likeness (QED) is 0.828. The summed E-state index contributed by atoms with van der Waals surface area (Å²) in [5.74, 6) is -0.811. The van der Waals surface area contributed by atoms with E-state index in [1.165, 1.54) is 4.90 Å². The van der Waals surface area contributed by atoms with E-state index >= 15 is 0 Å². The van der Waals surface area contributed by atoms with Gasteiger partial charge in [0.25, 0.3) is 11.1 Å².